The maximum atomic E-state index is 13.2. The van der Waals surface area contributed by atoms with E-state index in [1.807, 2.05) is 6.92 Å². The van der Waals surface area contributed by atoms with Crippen LogP contribution in [-0.2, 0) is 16.2 Å². The monoisotopic (exact) mass is 450 g/mol. The zero-order valence-electron chi connectivity index (χ0n) is 16.7. The predicted molar refractivity (Wildman–Crippen MR) is 111 cm³/mol. The van der Waals surface area contributed by atoms with E-state index in [1.54, 1.807) is 42.5 Å². The first kappa shape index (κ1) is 21.5. The number of hydrogen-bond donors (Lipinski definition) is 1. The highest BCUT2D eigenvalue weighted by Gasteiger charge is 2.36. The van der Waals surface area contributed by atoms with Gasteiger partial charge >= 0.3 is 6.18 Å². The van der Waals surface area contributed by atoms with Gasteiger partial charge in [0, 0.05) is 24.5 Å². The van der Waals surface area contributed by atoms with E-state index < -0.39 is 22.0 Å². The number of aromatic nitrogens is 2. The number of anilines is 1. The van der Waals surface area contributed by atoms with Gasteiger partial charge in [0.15, 0.2) is 0 Å². The molecule has 1 aliphatic heterocycles. The molecule has 31 heavy (non-hydrogen) atoms. The van der Waals surface area contributed by atoms with Crippen LogP contribution in [0.4, 0.5) is 19.0 Å². The Morgan fingerprint density at radius 3 is 2.29 bits per heavy atom. The summed E-state index contributed by atoms with van der Waals surface area (Å²) in [6, 6.07) is 13.0. The second kappa shape index (κ2) is 8.08. The summed E-state index contributed by atoms with van der Waals surface area (Å²) in [4.78, 5) is 7.57. The third kappa shape index (κ3) is 4.49. The van der Waals surface area contributed by atoms with Crippen molar-refractivity contribution < 1.29 is 21.6 Å². The Kier molecular flexibility index (Phi) is 5.61. The van der Waals surface area contributed by atoms with E-state index >= 15 is 0 Å². The topological polar surface area (TPSA) is 75.2 Å². The van der Waals surface area contributed by atoms with Crippen LogP contribution >= 0.6 is 0 Å². The first-order valence-electron chi connectivity index (χ1n) is 9.82. The molecule has 1 aromatic heterocycles. The smallest absolute Gasteiger partial charge is 0.367 e. The summed E-state index contributed by atoms with van der Waals surface area (Å²) >= 11 is 0. The molecule has 1 saturated heterocycles. The van der Waals surface area contributed by atoms with Gasteiger partial charge in [0.25, 0.3) is 0 Å². The fourth-order valence-corrected chi connectivity index (χ4v) is 5.08. The highest BCUT2D eigenvalue weighted by molar-refractivity contribution is 7.89. The maximum absolute atomic E-state index is 13.2. The van der Waals surface area contributed by atoms with Gasteiger partial charge in [-0.2, -0.15) is 17.5 Å². The van der Waals surface area contributed by atoms with Gasteiger partial charge in [-0.1, -0.05) is 29.8 Å². The van der Waals surface area contributed by atoms with Crippen molar-refractivity contribution in [2.45, 2.75) is 36.9 Å². The average Bonchev–Trinajstić information content (AvgIpc) is 2.74. The van der Waals surface area contributed by atoms with E-state index in [4.69, 9.17) is 0 Å². The van der Waals surface area contributed by atoms with Gasteiger partial charge in [-0.25, -0.2) is 18.4 Å². The summed E-state index contributed by atoms with van der Waals surface area (Å²) in [5, 5.41) is 3.57. The minimum Gasteiger partial charge on any atom is -0.367 e. The second-order valence-electron chi connectivity index (χ2n) is 7.55. The van der Waals surface area contributed by atoms with Crippen molar-refractivity contribution in [1.29, 1.82) is 0 Å². The summed E-state index contributed by atoms with van der Waals surface area (Å²) < 4.78 is 66.8. The Morgan fingerprint density at radius 2 is 1.65 bits per heavy atom. The third-order valence-corrected chi connectivity index (χ3v) is 7.22. The normalized spacial score (nSPS) is 16.5. The zero-order valence-corrected chi connectivity index (χ0v) is 17.5. The number of aryl methyl sites for hydroxylation is 1. The molecule has 0 bridgehead atoms. The van der Waals surface area contributed by atoms with Gasteiger partial charge in [0.05, 0.1) is 10.4 Å². The number of nitrogens with zero attached hydrogens (tertiary/aromatic N) is 3. The molecule has 1 N–H and O–H groups in total. The lowest BCUT2D eigenvalue weighted by molar-refractivity contribution is -0.144. The Hall–Kier alpha value is -2.72. The predicted octanol–water partition coefficient (Wildman–Crippen LogP) is 4.22. The largest absolute Gasteiger partial charge is 0.451 e. The van der Waals surface area contributed by atoms with Crippen molar-refractivity contribution in [3.8, 4) is 0 Å². The van der Waals surface area contributed by atoms with E-state index in [0.717, 1.165) is 5.56 Å². The van der Waals surface area contributed by atoms with Crippen LogP contribution in [0.25, 0.3) is 10.9 Å². The minimum atomic E-state index is -4.66. The molecule has 0 unspecified atom stereocenters. The molecule has 1 fully saturated rings. The number of rotatable bonds is 4. The number of piperidine rings is 1. The van der Waals surface area contributed by atoms with Crippen molar-refractivity contribution in [3.63, 3.8) is 0 Å². The molecular formula is C21H21F3N4O2S. The number of hydrogen-bond acceptors (Lipinski definition) is 5. The fraction of sp³-hybridized carbons (Fsp3) is 0.333. The molecule has 0 radical (unpaired) electrons. The highest BCUT2D eigenvalue weighted by atomic mass is 32.2. The van der Waals surface area contributed by atoms with Crippen molar-refractivity contribution in [3.05, 3.63) is 59.9 Å². The van der Waals surface area contributed by atoms with Crippen molar-refractivity contribution >= 4 is 26.7 Å². The SMILES string of the molecule is Cc1ccc(S(=O)(=O)N2CCC(Nc3nc(C(F)(F)F)nc4ccccc34)CC2)cc1. The van der Waals surface area contributed by atoms with Crippen molar-refractivity contribution in [2.75, 3.05) is 18.4 Å². The minimum absolute atomic E-state index is 0.109. The summed E-state index contributed by atoms with van der Waals surface area (Å²) in [6.07, 6.45) is -3.76. The third-order valence-electron chi connectivity index (χ3n) is 5.31. The number of alkyl halides is 3. The Morgan fingerprint density at radius 1 is 1.00 bits per heavy atom. The molecule has 2 aromatic carbocycles. The van der Waals surface area contributed by atoms with Crippen LogP contribution in [-0.4, -0.2) is 41.8 Å². The average molecular weight is 450 g/mol. The van der Waals surface area contributed by atoms with Gasteiger partial charge in [-0.3, -0.25) is 0 Å². The Balaban J connectivity index is 1.52. The summed E-state index contributed by atoms with van der Waals surface area (Å²) in [5.41, 5.74) is 1.17. The van der Waals surface area contributed by atoms with E-state index in [-0.39, 0.29) is 35.4 Å². The van der Waals surface area contributed by atoms with E-state index in [1.165, 1.54) is 10.4 Å². The first-order valence-corrected chi connectivity index (χ1v) is 11.3. The Bertz CT molecular complexity index is 1190. The summed E-state index contributed by atoms with van der Waals surface area (Å²) in [7, 11) is -3.60. The first-order chi connectivity index (χ1) is 14.6. The van der Waals surface area contributed by atoms with Crippen LogP contribution < -0.4 is 5.32 Å². The number of para-hydroxylation sites is 1. The molecular weight excluding hydrogens is 429 g/mol. The lowest BCUT2D eigenvalue weighted by Crippen LogP contribution is -2.42. The second-order valence-corrected chi connectivity index (χ2v) is 9.48. The summed E-state index contributed by atoms with van der Waals surface area (Å²) in [5.74, 6) is -1.09. The lowest BCUT2D eigenvalue weighted by Gasteiger charge is -2.32. The molecule has 6 nitrogen and oxygen atoms in total. The highest BCUT2D eigenvalue weighted by Crippen LogP contribution is 2.31. The van der Waals surface area contributed by atoms with Gasteiger partial charge in [-0.15, -0.1) is 0 Å². The molecule has 0 amide bonds. The molecule has 4 rings (SSSR count). The van der Waals surface area contributed by atoms with Gasteiger partial charge < -0.3 is 5.32 Å². The van der Waals surface area contributed by atoms with Gasteiger partial charge in [0.2, 0.25) is 15.8 Å². The standard InChI is InChI=1S/C21H21F3N4O2S/c1-14-6-8-16(9-7-14)31(29,30)28-12-10-15(11-13-28)25-19-17-4-2-3-5-18(17)26-20(27-19)21(22,23)24/h2-9,15H,10-13H2,1H3,(H,25,26,27). The number of nitrogens with one attached hydrogen (secondary N) is 1. The van der Waals surface area contributed by atoms with E-state index in [0.29, 0.717) is 18.2 Å². The fourth-order valence-electron chi connectivity index (χ4n) is 3.61. The molecule has 3 aromatic rings. The molecule has 0 spiro atoms. The number of fused-ring (bicyclic) bond motifs is 1. The van der Waals surface area contributed by atoms with Crippen LogP contribution in [0.5, 0.6) is 0 Å². The molecule has 1 aliphatic rings. The van der Waals surface area contributed by atoms with E-state index in [9.17, 15) is 21.6 Å². The molecule has 0 aliphatic carbocycles. The van der Waals surface area contributed by atoms with Crippen molar-refractivity contribution in [2.24, 2.45) is 0 Å². The van der Waals surface area contributed by atoms with Crippen LogP contribution in [0.3, 0.4) is 0 Å². The summed E-state index contributed by atoms with van der Waals surface area (Å²) in [6.45, 7) is 2.42. The molecule has 2 heterocycles. The number of benzene rings is 2. The molecule has 10 heteroatoms. The zero-order chi connectivity index (χ0) is 22.2. The van der Waals surface area contributed by atoms with Crippen molar-refractivity contribution in [1.82, 2.24) is 14.3 Å². The molecule has 0 atom stereocenters. The maximum Gasteiger partial charge on any atom is 0.451 e. The number of sulfonamides is 1. The molecule has 0 saturated carbocycles. The quantitative estimate of drug-likeness (QED) is 0.644. The van der Waals surface area contributed by atoms with Crippen LogP contribution in [0.2, 0.25) is 0 Å². The van der Waals surface area contributed by atoms with Gasteiger partial charge in [-0.05, 0) is 44.0 Å². The molecule has 164 valence electrons. The van der Waals surface area contributed by atoms with Crippen LogP contribution in [0.15, 0.2) is 53.4 Å². The van der Waals surface area contributed by atoms with Crippen LogP contribution in [0, 0.1) is 6.92 Å². The van der Waals surface area contributed by atoms with Gasteiger partial charge in [0.1, 0.15) is 5.82 Å². The van der Waals surface area contributed by atoms with E-state index in [2.05, 4.69) is 15.3 Å². The number of halogens is 3. The Labute approximate surface area is 178 Å². The van der Waals surface area contributed by atoms with Crippen LogP contribution in [0.1, 0.15) is 24.2 Å². The lowest BCUT2D eigenvalue weighted by atomic mass is 10.1.